The number of nitrogens with one attached hydrogen (secondary N) is 1. The van der Waals surface area contributed by atoms with Crippen LogP contribution >= 0.6 is 0 Å². The summed E-state index contributed by atoms with van der Waals surface area (Å²) >= 11 is 0. The van der Waals surface area contributed by atoms with E-state index in [0.717, 1.165) is 22.6 Å². The lowest BCUT2D eigenvalue weighted by molar-refractivity contribution is 0.200. The van der Waals surface area contributed by atoms with Gasteiger partial charge in [-0.1, -0.05) is 6.92 Å². The van der Waals surface area contributed by atoms with Crippen molar-refractivity contribution in [1.29, 1.82) is 0 Å². The normalized spacial score (nSPS) is 14.1. The molecule has 2 N–H and O–H groups in total. The maximum Gasteiger partial charge on any atom is 0.123 e. The molecule has 0 aliphatic heterocycles. The van der Waals surface area contributed by atoms with Gasteiger partial charge >= 0.3 is 0 Å². The van der Waals surface area contributed by atoms with Gasteiger partial charge in [-0.05, 0) is 31.7 Å². The Balaban J connectivity index is 3.35. The first-order valence-electron chi connectivity index (χ1n) is 6.01. The molecule has 0 saturated heterocycles. The quantitative estimate of drug-likeness (QED) is 0.806. The van der Waals surface area contributed by atoms with Crippen LogP contribution in [0.25, 0.3) is 0 Å². The minimum absolute atomic E-state index is 0.0381. The number of hydrogen-bond acceptors (Lipinski definition) is 4. The van der Waals surface area contributed by atoms with Crippen molar-refractivity contribution in [1.82, 2.24) is 5.32 Å². The van der Waals surface area contributed by atoms with Crippen LogP contribution in [0, 0.1) is 6.92 Å². The smallest absolute Gasteiger partial charge is 0.123 e. The van der Waals surface area contributed by atoms with Crippen molar-refractivity contribution in [3.63, 3.8) is 0 Å². The Morgan fingerprint density at radius 1 is 1.22 bits per heavy atom. The maximum atomic E-state index is 9.69. The molecule has 1 aromatic carbocycles. The first-order valence-corrected chi connectivity index (χ1v) is 6.01. The Kier molecular flexibility index (Phi) is 4.99. The van der Waals surface area contributed by atoms with E-state index in [1.165, 1.54) is 0 Å². The number of benzene rings is 1. The lowest BCUT2D eigenvalue weighted by atomic mass is 9.82. The standard InChI is InChI=1S/C14H23NO3/c1-10-6-13(18-5)11(7-12(10)17-4)14(2,9-16)8-15-3/h6-7,15-16H,8-9H2,1-5H3. The number of rotatable bonds is 6. The van der Waals surface area contributed by atoms with Crippen molar-refractivity contribution in [2.45, 2.75) is 19.3 Å². The monoisotopic (exact) mass is 253 g/mol. The van der Waals surface area contributed by atoms with Gasteiger partial charge in [-0.2, -0.15) is 0 Å². The molecule has 0 fully saturated rings. The van der Waals surface area contributed by atoms with Gasteiger partial charge < -0.3 is 19.9 Å². The predicted molar refractivity (Wildman–Crippen MR) is 72.6 cm³/mol. The molecule has 1 aromatic rings. The third kappa shape index (κ3) is 2.76. The van der Waals surface area contributed by atoms with E-state index in [9.17, 15) is 5.11 Å². The molecule has 102 valence electrons. The summed E-state index contributed by atoms with van der Waals surface area (Å²) in [6, 6.07) is 3.89. The highest BCUT2D eigenvalue weighted by Gasteiger charge is 2.29. The van der Waals surface area contributed by atoms with Gasteiger partial charge in [-0.15, -0.1) is 0 Å². The molecule has 4 heteroatoms. The zero-order valence-electron chi connectivity index (χ0n) is 11.8. The highest BCUT2D eigenvalue weighted by Crippen LogP contribution is 2.36. The molecule has 0 spiro atoms. The minimum atomic E-state index is -0.402. The van der Waals surface area contributed by atoms with Crippen LogP contribution in [-0.2, 0) is 5.41 Å². The zero-order valence-corrected chi connectivity index (χ0v) is 11.8. The average Bonchev–Trinajstić information content (AvgIpc) is 2.38. The Morgan fingerprint density at radius 3 is 2.28 bits per heavy atom. The van der Waals surface area contributed by atoms with Crippen LogP contribution in [0.2, 0.25) is 0 Å². The van der Waals surface area contributed by atoms with Crippen LogP contribution in [0.1, 0.15) is 18.1 Å². The van der Waals surface area contributed by atoms with Crippen LogP contribution in [0.5, 0.6) is 11.5 Å². The van der Waals surface area contributed by atoms with E-state index in [2.05, 4.69) is 5.32 Å². The van der Waals surface area contributed by atoms with Crippen LogP contribution in [-0.4, -0.2) is 39.5 Å². The van der Waals surface area contributed by atoms with Crippen molar-refractivity contribution < 1.29 is 14.6 Å². The Morgan fingerprint density at radius 2 is 1.83 bits per heavy atom. The van der Waals surface area contributed by atoms with Crippen molar-refractivity contribution in [2.24, 2.45) is 0 Å². The SMILES string of the molecule is CNCC(C)(CO)c1cc(OC)c(C)cc1OC. The average molecular weight is 253 g/mol. The third-order valence-corrected chi connectivity index (χ3v) is 3.28. The number of methoxy groups -OCH3 is 2. The Labute approximate surface area is 109 Å². The molecule has 0 amide bonds. The summed E-state index contributed by atoms with van der Waals surface area (Å²) in [6.45, 7) is 4.66. The summed E-state index contributed by atoms with van der Waals surface area (Å²) in [5.74, 6) is 1.58. The maximum absolute atomic E-state index is 9.69. The number of aliphatic hydroxyl groups is 1. The van der Waals surface area contributed by atoms with Crippen LogP contribution < -0.4 is 14.8 Å². The number of hydrogen-bond donors (Lipinski definition) is 2. The fraction of sp³-hybridized carbons (Fsp3) is 0.571. The predicted octanol–water partition coefficient (Wildman–Crippen LogP) is 1.48. The van der Waals surface area contributed by atoms with Crippen molar-refractivity contribution >= 4 is 0 Å². The molecule has 0 heterocycles. The van der Waals surface area contributed by atoms with E-state index in [4.69, 9.17) is 9.47 Å². The van der Waals surface area contributed by atoms with Crippen LogP contribution in [0.4, 0.5) is 0 Å². The molecule has 18 heavy (non-hydrogen) atoms. The van der Waals surface area contributed by atoms with Crippen LogP contribution in [0.15, 0.2) is 12.1 Å². The lowest BCUT2D eigenvalue weighted by Gasteiger charge is -2.30. The number of likely N-dealkylation sites (N-methyl/N-ethyl adjacent to an activating group) is 1. The lowest BCUT2D eigenvalue weighted by Crippen LogP contribution is -2.37. The van der Waals surface area contributed by atoms with E-state index in [0.29, 0.717) is 6.54 Å². The second kappa shape index (κ2) is 6.07. The molecule has 1 atom stereocenters. The number of ether oxygens (including phenoxy) is 2. The van der Waals surface area contributed by atoms with Gasteiger partial charge in [-0.3, -0.25) is 0 Å². The van der Waals surface area contributed by atoms with E-state index >= 15 is 0 Å². The van der Waals surface area contributed by atoms with Crippen molar-refractivity contribution in [3.8, 4) is 11.5 Å². The second-order valence-corrected chi connectivity index (χ2v) is 4.77. The third-order valence-electron chi connectivity index (χ3n) is 3.28. The van der Waals surface area contributed by atoms with Crippen molar-refractivity contribution in [2.75, 3.05) is 34.4 Å². The molecular weight excluding hydrogens is 230 g/mol. The zero-order chi connectivity index (χ0) is 13.8. The molecule has 4 nitrogen and oxygen atoms in total. The van der Waals surface area contributed by atoms with Gasteiger partial charge in [0.2, 0.25) is 0 Å². The molecule has 0 aliphatic rings. The van der Waals surface area contributed by atoms with E-state index < -0.39 is 5.41 Å². The van der Waals surface area contributed by atoms with Gasteiger partial charge in [0.05, 0.1) is 20.8 Å². The molecule has 1 unspecified atom stereocenters. The Hall–Kier alpha value is -1.26. The largest absolute Gasteiger partial charge is 0.496 e. The first kappa shape index (κ1) is 14.8. The summed E-state index contributed by atoms with van der Waals surface area (Å²) in [4.78, 5) is 0. The van der Waals surface area contributed by atoms with Gasteiger partial charge in [0.15, 0.2) is 0 Å². The summed E-state index contributed by atoms with van der Waals surface area (Å²) in [7, 11) is 5.15. The molecule has 0 aromatic heterocycles. The summed E-state index contributed by atoms with van der Waals surface area (Å²) < 4.78 is 10.8. The molecular formula is C14H23NO3. The molecule has 0 radical (unpaired) electrons. The van der Waals surface area contributed by atoms with Crippen LogP contribution in [0.3, 0.4) is 0 Å². The molecule has 0 bridgehead atoms. The number of aryl methyl sites for hydroxylation is 1. The van der Waals surface area contributed by atoms with Gasteiger partial charge in [0.1, 0.15) is 11.5 Å². The Bertz CT molecular complexity index is 406. The molecule has 1 rings (SSSR count). The fourth-order valence-corrected chi connectivity index (χ4v) is 2.15. The van der Waals surface area contributed by atoms with E-state index in [1.54, 1.807) is 14.2 Å². The van der Waals surface area contributed by atoms with E-state index in [-0.39, 0.29) is 6.61 Å². The number of aliphatic hydroxyl groups excluding tert-OH is 1. The topological polar surface area (TPSA) is 50.7 Å². The highest BCUT2D eigenvalue weighted by atomic mass is 16.5. The van der Waals surface area contributed by atoms with Gasteiger partial charge in [0.25, 0.3) is 0 Å². The van der Waals surface area contributed by atoms with Crippen molar-refractivity contribution in [3.05, 3.63) is 23.3 Å². The van der Waals surface area contributed by atoms with Gasteiger partial charge in [0, 0.05) is 17.5 Å². The van der Waals surface area contributed by atoms with E-state index in [1.807, 2.05) is 33.0 Å². The molecule has 0 saturated carbocycles. The minimum Gasteiger partial charge on any atom is -0.496 e. The molecule has 0 aliphatic carbocycles. The first-order chi connectivity index (χ1) is 8.52. The summed E-state index contributed by atoms with van der Waals surface area (Å²) in [5, 5.41) is 12.8. The summed E-state index contributed by atoms with van der Waals surface area (Å²) in [5.41, 5.74) is 1.56. The highest BCUT2D eigenvalue weighted by molar-refractivity contribution is 5.49. The summed E-state index contributed by atoms with van der Waals surface area (Å²) in [6.07, 6.45) is 0. The fourth-order valence-electron chi connectivity index (χ4n) is 2.15. The van der Waals surface area contributed by atoms with Gasteiger partial charge in [-0.25, -0.2) is 0 Å². The second-order valence-electron chi connectivity index (χ2n) is 4.77.